The summed E-state index contributed by atoms with van der Waals surface area (Å²) in [6.45, 7) is 0.132. The average molecular weight is 231 g/mol. The Balaban J connectivity index is 2.43. The third-order valence-corrected chi connectivity index (χ3v) is 4.93. The summed E-state index contributed by atoms with van der Waals surface area (Å²) in [6, 6.07) is 0. The molecule has 2 rings (SSSR count). The van der Waals surface area contributed by atoms with Crippen LogP contribution in [0.3, 0.4) is 0 Å². The lowest BCUT2D eigenvalue weighted by atomic mass is 9.83. The number of hydrogen-bond donors (Lipinski definition) is 1. The number of rotatable bonds is 3. The Kier molecular flexibility index (Phi) is 2.31. The van der Waals surface area contributed by atoms with E-state index in [1.165, 1.54) is 6.26 Å². The summed E-state index contributed by atoms with van der Waals surface area (Å²) in [5, 5.41) is 3.70. The molecule has 0 atom stereocenters. The highest BCUT2D eigenvalue weighted by Gasteiger charge is 2.51. The second kappa shape index (κ2) is 3.28. The Bertz CT molecular complexity index is 461. The van der Waals surface area contributed by atoms with Crippen LogP contribution in [0.5, 0.6) is 0 Å². The molecule has 1 heterocycles. The summed E-state index contributed by atoms with van der Waals surface area (Å²) in [5.74, 6) is 0.539. The van der Waals surface area contributed by atoms with Crippen molar-refractivity contribution in [2.75, 3.05) is 6.26 Å². The standard InChI is InChI=1S/C8H13N3O3S/c1-15(12,13)8(3-2-4-8)7-10-6(5-9)14-11-7/h2-5,9H2,1H3. The van der Waals surface area contributed by atoms with Crippen LogP contribution >= 0.6 is 0 Å². The first-order valence-corrected chi connectivity index (χ1v) is 6.61. The van der Waals surface area contributed by atoms with Crippen molar-refractivity contribution in [3.8, 4) is 0 Å². The molecule has 1 aromatic rings. The molecule has 0 bridgehead atoms. The zero-order chi connectivity index (χ0) is 11.1. The van der Waals surface area contributed by atoms with Crippen molar-refractivity contribution < 1.29 is 12.9 Å². The van der Waals surface area contributed by atoms with Gasteiger partial charge in [0.1, 0.15) is 4.75 Å². The van der Waals surface area contributed by atoms with Crippen LogP contribution in [-0.4, -0.2) is 24.8 Å². The van der Waals surface area contributed by atoms with E-state index in [4.69, 9.17) is 10.3 Å². The van der Waals surface area contributed by atoms with Crippen molar-refractivity contribution in [3.05, 3.63) is 11.7 Å². The lowest BCUT2D eigenvalue weighted by Gasteiger charge is -2.36. The van der Waals surface area contributed by atoms with Crippen molar-refractivity contribution in [3.63, 3.8) is 0 Å². The zero-order valence-electron chi connectivity index (χ0n) is 8.43. The Labute approximate surface area is 87.8 Å². The minimum absolute atomic E-state index is 0.132. The lowest BCUT2D eigenvalue weighted by Crippen LogP contribution is -2.42. The lowest BCUT2D eigenvalue weighted by molar-refractivity contribution is 0.309. The summed E-state index contributed by atoms with van der Waals surface area (Å²) in [6.07, 6.45) is 3.22. The molecule has 0 saturated heterocycles. The predicted molar refractivity (Wildman–Crippen MR) is 52.6 cm³/mol. The van der Waals surface area contributed by atoms with E-state index in [0.29, 0.717) is 12.8 Å². The molecule has 1 aromatic heterocycles. The Hall–Kier alpha value is -0.950. The van der Waals surface area contributed by atoms with Gasteiger partial charge < -0.3 is 10.3 Å². The van der Waals surface area contributed by atoms with Crippen molar-refractivity contribution in [2.45, 2.75) is 30.6 Å². The fourth-order valence-corrected chi connectivity index (χ4v) is 3.23. The maximum Gasteiger partial charge on any atom is 0.240 e. The first-order chi connectivity index (χ1) is 6.99. The van der Waals surface area contributed by atoms with Gasteiger partial charge in [0.25, 0.3) is 0 Å². The topological polar surface area (TPSA) is 99.1 Å². The number of nitrogens with zero attached hydrogens (tertiary/aromatic N) is 2. The third kappa shape index (κ3) is 1.46. The highest BCUT2D eigenvalue weighted by atomic mass is 32.2. The maximum atomic E-state index is 11.7. The molecule has 2 N–H and O–H groups in total. The molecule has 0 spiro atoms. The van der Waals surface area contributed by atoms with Gasteiger partial charge in [-0.15, -0.1) is 0 Å². The fourth-order valence-electron chi connectivity index (χ4n) is 1.78. The molecule has 1 aliphatic rings. The van der Waals surface area contributed by atoms with Gasteiger partial charge in [-0.3, -0.25) is 0 Å². The van der Waals surface area contributed by atoms with Crippen LogP contribution < -0.4 is 5.73 Å². The Morgan fingerprint density at radius 2 is 2.20 bits per heavy atom. The Morgan fingerprint density at radius 3 is 2.53 bits per heavy atom. The summed E-state index contributed by atoms with van der Waals surface area (Å²) >= 11 is 0. The summed E-state index contributed by atoms with van der Waals surface area (Å²) in [7, 11) is -3.20. The highest BCUT2D eigenvalue weighted by Crippen LogP contribution is 2.46. The number of hydrogen-bond acceptors (Lipinski definition) is 6. The van der Waals surface area contributed by atoms with Crippen LogP contribution in [-0.2, 0) is 21.1 Å². The van der Waals surface area contributed by atoms with E-state index in [1.807, 2.05) is 0 Å². The minimum Gasteiger partial charge on any atom is -0.338 e. The van der Waals surface area contributed by atoms with Crippen molar-refractivity contribution in [1.29, 1.82) is 0 Å². The average Bonchev–Trinajstić information content (AvgIpc) is 2.47. The maximum absolute atomic E-state index is 11.7. The van der Waals surface area contributed by atoms with Crippen LogP contribution in [0.2, 0.25) is 0 Å². The normalized spacial score (nSPS) is 19.9. The van der Waals surface area contributed by atoms with Crippen LogP contribution in [0.1, 0.15) is 31.0 Å². The molecule has 7 heteroatoms. The number of sulfone groups is 1. The van der Waals surface area contributed by atoms with Gasteiger partial charge in [0.15, 0.2) is 15.7 Å². The Morgan fingerprint density at radius 1 is 1.53 bits per heavy atom. The molecule has 15 heavy (non-hydrogen) atoms. The molecular weight excluding hydrogens is 218 g/mol. The molecule has 0 unspecified atom stereocenters. The van der Waals surface area contributed by atoms with Gasteiger partial charge in [0, 0.05) is 6.26 Å². The molecule has 0 amide bonds. The number of aromatic nitrogens is 2. The zero-order valence-corrected chi connectivity index (χ0v) is 9.25. The highest BCUT2D eigenvalue weighted by molar-refractivity contribution is 7.91. The molecule has 1 aliphatic carbocycles. The van der Waals surface area contributed by atoms with E-state index < -0.39 is 14.6 Å². The van der Waals surface area contributed by atoms with Crippen LogP contribution in [0.25, 0.3) is 0 Å². The third-order valence-electron chi connectivity index (χ3n) is 2.92. The van der Waals surface area contributed by atoms with Gasteiger partial charge in [-0.2, -0.15) is 4.98 Å². The van der Waals surface area contributed by atoms with Crippen LogP contribution in [0.4, 0.5) is 0 Å². The largest absolute Gasteiger partial charge is 0.338 e. The van der Waals surface area contributed by atoms with E-state index in [1.54, 1.807) is 0 Å². The van der Waals surface area contributed by atoms with Gasteiger partial charge in [-0.25, -0.2) is 8.42 Å². The summed E-state index contributed by atoms with van der Waals surface area (Å²) < 4.78 is 27.3. The molecule has 0 radical (unpaired) electrons. The molecule has 84 valence electrons. The smallest absolute Gasteiger partial charge is 0.240 e. The van der Waals surface area contributed by atoms with Crippen molar-refractivity contribution in [2.24, 2.45) is 5.73 Å². The van der Waals surface area contributed by atoms with Gasteiger partial charge in [-0.1, -0.05) is 5.16 Å². The second-order valence-corrected chi connectivity index (χ2v) is 6.16. The summed E-state index contributed by atoms with van der Waals surface area (Å²) in [5.41, 5.74) is 5.33. The van der Waals surface area contributed by atoms with Crippen LogP contribution in [0.15, 0.2) is 4.52 Å². The molecule has 0 aliphatic heterocycles. The van der Waals surface area contributed by atoms with E-state index in [9.17, 15) is 8.42 Å². The second-order valence-electron chi connectivity index (χ2n) is 3.84. The van der Waals surface area contributed by atoms with Gasteiger partial charge in [0.05, 0.1) is 6.54 Å². The van der Waals surface area contributed by atoms with E-state index in [2.05, 4.69) is 10.1 Å². The first-order valence-electron chi connectivity index (χ1n) is 4.72. The van der Waals surface area contributed by atoms with Gasteiger partial charge in [-0.05, 0) is 19.3 Å². The monoisotopic (exact) mass is 231 g/mol. The molecule has 6 nitrogen and oxygen atoms in total. The quantitative estimate of drug-likeness (QED) is 0.783. The van der Waals surface area contributed by atoms with Gasteiger partial charge >= 0.3 is 0 Å². The number of nitrogens with two attached hydrogens (primary N) is 1. The molecular formula is C8H13N3O3S. The SMILES string of the molecule is CS(=O)(=O)C1(c2noc(CN)n2)CCC1. The van der Waals surface area contributed by atoms with Crippen molar-refractivity contribution in [1.82, 2.24) is 10.1 Å². The predicted octanol–water partition coefficient (Wildman–Crippen LogP) is -0.0479. The fraction of sp³-hybridized carbons (Fsp3) is 0.750. The van der Waals surface area contributed by atoms with Crippen LogP contribution in [0, 0.1) is 0 Å². The van der Waals surface area contributed by atoms with E-state index in [-0.39, 0.29) is 18.3 Å². The molecule has 0 aromatic carbocycles. The molecule has 1 fully saturated rings. The summed E-state index contributed by atoms with van der Waals surface area (Å²) in [4.78, 5) is 4.01. The molecule has 1 saturated carbocycles. The van der Waals surface area contributed by atoms with E-state index >= 15 is 0 Å². The first kappa shape index (κ1) is 10.6. The van der Waals surface area contributed by atoms with Gasteiger partial charge in [0.2, 0.25) is 5.89 Å². The van der Waals surface area contributed by atoms with E-state index in [0.717, 1.165) is 6.42 Å². The minimum atomic E-state index is -3.20. The van der Waals surface area contributed by atoms with Crippen molar-refractivity contribution >= 4 is 9.84 Å².